The van der Waals surface area contributed by atoms with Gasteiger partial charge in [0.05, 0.1) is 11.2 Å². The molecule has 0 spiro atoms. The van der Waals surface area contributed by atoms with Crippen LogP contribution in [0, 0.1) is 0 Å². The van der Waals surface area contributed by atoms with E-state index < -0.39 is 0 Å². The van der Waals surface area contributed by atoms with Gasteiger partial charge in [-0.25, -0.2) is 0 Å². The second-order valence-corrected chi connectivity index (χ2v) is 13.0. The van der Waals surface area contributed by atoms with Crippen molar-refractivity contribution in [3.8, 4) is 55.6 Å². The number of nitrogens with zero attached hydrogens (tertiary/aromatic N) is 1. The van der Waals surface area contributed by atoms with Crippen molar-refractivity contribution in [2.45, 2.75) is 0 Å². The number of para-hydroxylation sites is 1. The average molecular weight is 680 g/mol. The highest BCUT2D eigenvalue weighted by atomic mass is 15.1. The van der Waals surface area contributed by atoms with Gasteiger partial charge >= 0.3 is 0 Å². The lowest BCUT2D eigenvalue weighted by Crippen LogP contribution is -2.11. The van der Waals surface area contributed by atoms with E-state index in [0.29, 0.717) is 11.3 Å². The average Bonchev–Trinajstić information content (AvgIpc) is 3.28. The Morgan fingerprint density at radius 2 is 0.792 bits per heavy atom. The highest BCUT2D eigenvalue weighted by molar-refractivity contribution is 5.97. The van der Waals surface area contributed by atoms with Crippen molar-refractivity contribution in [3.63, 3.8) is 0 Å². The van der Waals surface area contributed by atoms with Crippen LogP contribution in [0.3, 0.4) is 0 Å². The minimum atomic E-state index is -0.122. The maximum Gasteiger partial charge on any atom is 0.0645 e. The molecule has 0 aliphatic heterocycles. The molecular weight excluding hydrogens is 639 g/mol. The molecule has 9 aromatic rings. The van der Waals surface area contributed by atoms with Crippen molar-refractivity contribution in [1.82, 2.24) is 0 Å². The van der Waals surface area contributed by atoms with Crippen LogP contribution in [0.4, 0.5) is 17.1 Å². The molecule has 0 aromatic heterocycles. The molecule has 0 unspecified atom stereocenters. The van der Waals surface area contributed by atoms with E-state index in [1.165, 1.54) is 0 Å². The van der Waals surface area contributed by atoms with Crippen molar-refractivity contribution < 1.29 is 5.48 Å². The monoisotopic (exact) mass is 679 g/mol. The predicted molar refractivity (Wildman–Crippen MR) is 226 cm³/mol. The van der Waals surface area contributed by atoms with Crippen LogP contribution in [0.5, 0.6) is 0 Å². The van der Waals surface area contributed by atoms with Crippen LogP contribution in [0.1, 0.15) is 5.48 Å². The van der Waals surface area contributed by atoms with Gasteiger partial charge < -0.3 is 4.90 Å². The summed E-state index contributed by atoms with van der Waals surface area (Å²) in [6.45, 7) is 0. The zero-order valence-corrected chi connectivity index (χ0v) is 29.0. The first kappa shape index (κ1) is 27.7. The Balaban J connectivity index is 1.29. The van der Waals surface area contributed by atoms with Gasteiger partial charge in [0.15, 0.2) is 0 Å². The Morgan fingerprint density at radius 1 is 0.283 bits per heavy atom. The smallest absolute Gasteiger partial charge is 0.0645 e. The van der Waals surface area contributed by atoms with E-state index in [-0.39, 0.29) is 35.4 Å². The molecule has 0 N–H and O–H groups in total. The Hall–Kier alpha value is -6.96. The molecule has 1 nitrogen and oxygen atoms in total. The quantitative estimate of drug-likeness (QED) is 0.154. The number of hydrogen-bond donors (Lipinski definition) is 0. The highest BCUT2D eigenvalue weighted by Crippen LogP contribution is 2.46. The fraction of sp³-hybridized carbons (Fsp3) is 0. The van der Waals surface area contributed by atoms with Crippen LogP contribution in [0.25, 0.3) is 66.4 Å². The fourth-order valence-corrected chi connectivity index (χ4v) is 7.19. The lowest BCUT2D eigenvalue weighted by Gasteiger charge is -2.29. The van der Waals surface area contributed by atoms with Gasteiger partial charge in [-0.05, 0) is 97.2 Å². The molecule has 0 saturated carbocycles. The molecule has 9 aromatic carbocycles. The van der Waals surface area contributed by atoms with Gasteiger partial charge in [-0.15, -0.1) is 0 Å². The summed E-state index contributed by atoms with van der Waals surface area (Å²) < 4.78 is 37.9. The second-order valence-electron chi connectivity index (χ2n) is 13.0. The van der Waals surface area contributed by atoms with Gasteiger partial charge in [-0.3, -0.25) is 0 Å². The maximum atomic E-state index is 9.60. The molecule has 250 valence electrons. The molecule has 53 heavy (non-hydrogen) atoms. The first-order chi connectivity index (χ1) is 28.0. The number of fused-ring (bicyclic) bond motifs is 1. The molecule has 0 aliphatic carbocycles. The van der Waals surface area contributed by atoms with Gasteiger partial charge in [-0.1, -0.05) is 188 Å². The lowest BCUT2D eigenvalue weighted by molar-refractivity contribution is 1.28. The largest absolute Gasteiger partial charge is 0.310 e. The van der Waals surface area contributed by atoms with Crippen LogP contribution in [-0.4, -0.2) is 0 Å². The van der Waals surface area contributed by atoms with E-state index in [2.05, 4.69) is 115 Å². The number of benzene rings is 9. The van der Waals surface area contributed by atoms with Crippen LogP contribution in [0.2, 0.25) is 0 Å². The van der Waals surface area contributed by atoms with Gasteiger partial charge in [0.25, 0.3) is 0 Å². The molecule has 0 aliphatic rings. The second kappa shape index (κ2) is 14.3. The topological polar surface area (TPSA) is 3.24 Å². The van der Waals surface area contributed by atoms with Crippen LogP contribution >= 0.6 is 0 Å². The van der Waals surface area contributed by atoms with Crippen molar-refractivity contribution >= 4 is 27.8 Å². The highest BCUT2D eigenvalue weighted by Gasteiger charge is 2.20. The van der Waals surface area contributed by atoms with Crippen molar-refractivity contribution in [2.75, 3.05) is 4.90 Å². The van der Waals surface area contributed by atoms with Gasteiger partial charge in [0.2, 0.25) is 0 Å². The zero-order valence-electron chi connectivity index (χ0n) is 33.0. The molecule has 0 saturated heterocycles. The molecule has 0 heterocycles. The summed E-state index contributed by atoms with van der Waals surface area (Å²) in [7, 11) is 0. The Morgan fingerprint density at radius 3 is 1.51 bits per heavy atom. The molecule has 0 amide bonds. The Labute approximate surface area is 317 Å². The van der Waals surface area contributed by atoms with E-state index >= 15 is 0 Å². The summed E-state index contributed by atoms with van der Waals surface area (Å²) in [6.07, 6.45) is 0. The first-order valence-corrected chi connectivity index (χ1v) is 17.9. The number of anilines is 3. The Bertz CT molecular complexity index is 2880. The molecule has 1 heteroatoms. The third-order valence-corrected chi connectivity index (χ3v) is 9.75. The summed E-state index contributed by atoms with van der Waals surface area (Å²) in [4.78, 5) is 1.91. The summed E-state index contributed by atoms with van der Waals surface area (Å²) in [5.74, 6) is 0. The lowest BCUT2D eigenvalue weighted by atomic mass is 9.88. The third-order valence-electron chi connectivity index (χ3n) is 9.75. The molecule has 0 atom stereocenters. The van der Waals surface area contributed by atoms with Crippen LogP contribution in [0.15, 0.2) is 224 Å². The van der Waals surface area contributed by atoms with Crippen LogP contribution < -0.4 is 4.90 Å². The van der Waals surface area contributed by atoms with E-state index in [1.54, 1.807) is 0 Å². The molecule has 0 radical (unpaired) electrons. The number of rotatable bonds is 8. The van der Waals surface area contributed by atoms with E-state index in [0.717, 1.165) is 61.0 Å². The summed E-state index contributed by atoms with van der Waals surface area (Å²) in [5.41, 5.74) is 10.7. The Kier molecular flexibility index (Phi) is 7.50. The van der Waals surface area contributed by atoms with Crippen molar-refractivity contribution in [3.05, 3.63) is 224 Å². The third kappa shape index (κ3) is 6.42. The normalized spacial score (nSPS) is 12.1. The minimum absolute atomic E-state index is 0.0949. The molecule has 0 fully saturated rings. The van der Waals surface area contributed by atoms with E-state index in [9.17, 15) is 5.48 Å². The zero-order chi connectivity index (χ0) is 38.9. The fourth-order valence-electron chi connectivity index (χ4n) is 7.19. The molecule has 0 bridgehead atoms. The van der Waals surface area contributed by atoms with Gasteiger partial charge in [-0.2, -0.15) is 0 Å². The number of hydrogen-bond acceptors (Lipinski definition) is 1. The summed E-state index contributed by atoms with van der Waals surface area (Å²) in [6, 6.07) is 66.9. The molecule has 9 rings (SSSR count). The van der Waals surface area contributed by atoms with E-state index in [1.807, 2.05) is 89.8 Å². The van der Waals surface area contributed by atoms with Gasteiger partial charge in [0, 0.05) is 16.9 Å². The van der Waals surface area contributed by atoms with Crippen LogP contribution in [-0.2, 0) is 0 Å². The van der Waals surface area contributed by atoms with Gasteiger partial charge in [0.1, 0.15) is 0 Å². The summed E-state index contributed by atoms with van der Waals surface area (Å²) in [5, 5.41) is 2.29. The maximum absolute atomic E-state index is 9.60. The standard InChI is InChI=1S/C52H37N/c1-3-16-38(17-4-1)40-32-34-45(35-33-40)53(46-23-15-22-43(37-46)44-31-30-39-18-7-8-21-42(39)36-44)52-29-14-13-28-51(52)50-27-12-11-26-49(50)48-25-10-9-24-47(48)41-19-5-2-6-20-41/h1-37H/i32D,33D,34D,35D. The molecular formula is C52H37N. The predicted octanol–water partition coefficient (Wildman–Crippen LogP) is 14.6. The minimum Gasteiger partial charge on any atom is -0.310 e. The first-order valence-electron chi connectivity index (χ1n) is 19.9. The summed E-state index contributed by atoms with van der Waals surface area (Å²) >= 11 is 0. The van der Waals surface area contributed by atoms with Crippen molar-refractivity contribution in [2.24, 2.45) is 0 Å². The van der Waals surface area contributed by atoms with Crippen molar-refractivity contribution in [1.29, 1.82) is 0 Å². The SMILES string of the molecule is [2H]c1c([2H])c(N(c2cccc(-c3ccc4ccccc4c3)c2)c2ccccc2-c2ccccc2-c2ccccc2-c2ccccc2)c([2H])c([2H])c1-c1ccccc1. The van der Waals surface area contributed by atoms with E-state index in [4.69, 9.17) is 0 Å².